The van der Waals surface area contributed by atoms with Crippen LogP contribution >= 0.6 is 11.6 Å². The average molecular weight is 267 g/mol. The molecular formula is C12H11ClN2O3. The van der Waals surface area contributed by atoms with Crippen molar-refractivity contribution in [2.45, 2.75) is 12.5 Å². The molecule has 2 N–H and O–H groups in total. The third-order valence-corrected chi connectivity index (χ3v) is 2.93. The van der Waals surface area contributed by atoms with E-state index in [1.165, 1.54) is 12.3 Å². The van der Waals surface area contributed by atoms with E-state index in [2.05, 4.69) is 10.3 Å². The summed E-state index contributed by atoms with van der Waals surface area (Å²) in [6, 6.07) is 2.84. The van der Waals surface area contributed by atoms with Gasteiger partial charge >= 0.3 is 5.97 Å². The summed E-state index contributed by atoms with van der Waals surface area (Å²) in [4.78, 5) is 26.4. The van der Waals surface area contributed by atoms with Crippen molar-refractivity contribution in [3.63, 3.8) is 0 Å². The van der Waals surface area contributed by atoms with Crippen molar-refractivity contribution in [3.8, 4) is 0 Å². The molecule has 0 aliphatic heterocycles. The van der Waals surface area contributed by atoms with Crippen molar-refractivity contribution in [2.24, 2.45) is 5.92 Å². The van der Waals surface area contributed by atoms with E-state index in [-0.39, 0.29) is 11.9 Å². The number of carboxylic acid groups (broad SMARTS) is 1. The summed E-state index contributed by atoms with van der Waals surface area (Å²) < 4.78 is 0. The van der Waals surface area contributed by atoms with Gasteiger partial charge < -0.3 is 10.4 Å². The van der Waals surface area contributed by atoms with Crippen LogP contribution in [0.3, 0.4) is 0 Å². The second-order valence-electron chi connectivity index (χ2n) is 4.01. The highest BCUT2D eigenvalue weighted by Crippen LogP contribution is 2.18. The first-order chi connectivity index (χ1) is 8.56. The lowest BCUT2D eigenvalue weighted by molar-refractivity contribution is -0.140. The molecule has 1 heterocycles. The summed E-state index contributed by atoms with van der Waals surface area (Å²) in [7, 11) is 0. The Morgan fingerprint density at radius 2 is 2.17 bits per heavy atom. The molecule has 18 heavy (non-hydrogen) atoms. The Kier molecular flexibility index (Phi) is 3.62. The predicted molar refractivity (Wildman–Crippen MR) is 65.4 cm³/mol. The second kappa shape index (κ2) is 5.18. The summed E-state index contributed by atoms with van der Waals surface area (Å²) in [6.45, 7) is 0. The Bertz CT molecular complexity index is 499. The number of pyridine rings is 1. The second-order valence-corrected chi connectivity index (χ2v) is 4.40. The van der Waals surface area contributed by atoms with Crippen LogP contribution in [0.5, 0.6) is 0 Å². The highest BCUT2D eigenvalue weighted by Gasteiger charge is 2.25. The fraction of sp³-hybridized carbons (Fsp3) is 0.250. The Hall–Kier alpha value is -1.88. The summed E-state index contributed by atoms with van der Waals surface area (Å²) in [6.07, 6.45) is 5.04. The molecule has 1 aromatic heterocycles. The molecule has 0 bridgehead atoms. The Labute approximate surface area is 108 Å². The number of aromatic nitrogens is 1. The molecule has 2 unspecified atom stereocenters. The number of carbonyl (C=O) groups is 2. The first-order valence-corrected chi connectivity index (χ1v) is 5.77. The third-order valence-electron chi connectivity index (χ3n) is 2.71. The van der Waals surface area contributed by atoms with Gasteiger partial charge in [0, 0.05) is 12.2 Å². The minimum absolute atomic E-state index is 0.255. The van der Waals surface area contributed by atoms with Crippen molar-refractivity contribution in [3.05, 3.63) is 41.2 Å². The lowest BCUT2D eigenvalue weighted by atomic mass is 10.1. The average Bonchev–Trinajstić information content (AvgIpc) is 2.78. The van der Waals surface area contributed by atoms with Gasteiger partial charge in [-0.15, -0.1) is 0 Å². The van der Waals surface area contributed by atoms with Gasteiger partial charge in [-0.25, -0.2) is 4.98 Å². The van der Waals surface area contributed by atoms with E-state index < -0.39 is 11.9 Å². The van der Waals surface area contributed by atoms with Crippen LogP contribution in [0.4, 0.5) is 0 Å². The van der Waals surface area contributed by atoms with E-state index in [0.717, 1.165) is 0 Å². The lowest BCUT2D eigenvalue weighted by Gasteiger charge is -2.11. The van der Waals surface area contributed by atoms with Crippen LogP contribution in [0.1, 0.15) is 16.8 Å². The first-order valence-electron chi connectivity index (χ1n) is 5.40. The van der Waals surface area contributed by atoms with E-state index in [1.54, 1.807) is 18.2 Å². The van der Waals surface area contributed by atoms with Crippen LogP contribution in [0.25, 0.3) is 0 Å². The summed E-state index contributed by atoms with van der Waals surface area (Å²) in [5.41, 5.74) is 0.395. The number of nitrogens with zero attached hydrogens (tertiary/aromatic N) is 1. The Morgan fingerprint density at radius 3 is 2.72 bits per heavy atom. The fourth-order valence-electron chi connectivity index (χ4n) is 1.75. The zero-order chi connectivity index (χ0) is 13.1. The molecule has 94 valence electrons. The number of nitrogens with one attached hydrogen (secondary N) is 1. The summed E-state index contributed by atoms with van der Waals surface area (Å²) >= 11 is 5.62. The van der Waals surface area contributed by atoms with Crippen LogP contribution in [0.15, 0.2) is 30.5 Å². The molecule has 1 amide bonds. The molecule has 0 radical (unpaired) electrons. The van der Waals surface area contributed by atoms with Gasteiger partial charge in [0.1, 0.15) is 5.15 Å². The van der Waals surface area contributed by atoms with Gasteiger partial charge in [-0.05, 0) is 18.6 Å². The smallest absolute Gasteiger partial charge is 0.310 e. The minimum Gasteiger partial charge on any atom is -0.481 e. The van der Waals surface area contributed by atoms with E-state index in [9.17, 15) is 9.59 Å². The Morgan fingerprint density at radius 1 is 1.39 bits per heavy atom. The maximum absolute atomic E-state index is 11.8. The topological polar surface area (TPSA) is 79.3 Å². The molecule has 0 saturated carbocycles. The van der Waals surface area contributed by atoms with Crippen LogP contribution in [-0.4, -0.2) is 28.0 Å². The van der Waals surface area contributed by atoms with E-state index in [1.807, 2.05) is 0 Å². The lowest BCUT2D eigenvalue weighted by Crippen LogP contribution is -2.33. The number of rotatable bonds is 3. The highest BCUT2D eigenvalue weighted by atomic mass is 35.5. The molecule has 1 aliphatic rings. The number of amides is 1. The van der Waals surface area contributed by atoms with Gasteiger partial charge in [0.2, 0.25) is 0 Å². The number of carboxylic acids is 1. The molecule has 1 aliphatic carbocycles. The molecule has 2 rings (SSSR count). The number of carbonyl (C=O) groups excluding carboxylic acids is 1. The maximum Gasteiger partial charge on any atom is 0.310 e. The predicted octanol–water partition coefficient (Wildman–Crippen LogP) is 1.49. The molecular weight excluding hydrogens is 256 g/mol. The van der Waals surface area contributed by atoms with Gasteiger partial charge in [0.25, 0.3) is 5.91 Å². The number of halogens is 1. The molecule has 6 heteroatoms. The standard InChI is InChI=1S/C12H11ClN2O3/c13-10-4-2-8(6-14-10)11(16)15-9-3-1-7(5-9)12(17)18/h1-4,6-7,9H,5H2,(H,15,16)(H,17,18). The van der Waals surface area contributed by atoms with Crippen molar-refractivity contribution in [2.75, 3.05) is 0 Å². The summed E-state index contributed by atoms with van der Waals surface area (Å²) in [5.74, 6) is -1.70. The molecule has 0 spiro atoms. The minimum atomic E-state index is -0.879. The molecule has 0 aromatic carbocycles. The Balaban J connectivity index is 1.95. The van der Waals surface area contributed by atoms with Crippen LogP contribution < -0.4 is 5.32 Å². The van der Waals surface area contributed by atoms with Gasteiger partial charge in [0.15, 0.2) is 0 Å². The van der Waals surface area contributed by atoms with Crippen LogP contribution in [0, 0.1) is 5.92 Å². The number of hydrogen-bond acceptors (Lipinski definition) is 3. The van der Waals surface area contributed by atoms with Crippen molar-refractivity contribution in [1.29, 1.82) is 0 Å². The van der Waals surface area contributed by atoms with Crippen molar-refractivity contribution in [1.82, 2.24) is 10.3 Å². The van der Waals surface area contributed by atoms with E-state index >= 15 is 0 Å². The number of hydrogen-bond donors (Lipinski definition) is 2. The molecule has 1 aromatic rings. The normalized spacial score (nSPS) is 21.8. The monoisotopic (exact) mass is 266 g/mol. The maximum atomic E-state index is 11.8. The quantitative estimate of drug-likeness (QED) is 0.642. The highest BCUT2D eigenvalue weighted by molar-refractivity contribution is 6.29. The van der Waals surface area contributed by atoms with E-state index in [0.29, 0.717) is 17.1 Å². The molecule has 0 fully saturated rings. The largest absolute Gasteiger partial charge is 0.481 e. The zero-order valence-electron chi connectivity index (χ0n) is 9.34. The van der Waals surface area contributed by atoms with Crippen molar-refractivity contribution < 1.29 is 14.7 Å². The van der Waals surface area contributed by atoms with Crippen LogP contribution in [-0.2, 0) is 4.79 Å². The van der Waals surface area contributed by atoms with E-state index in [4.69, 9.17) is 16.7 Å². The van der Waals surface area contributed by atoms with Gasteiger partial charge in [-0.2, -0.15) is 0 Å². The van der Waals surface area contributed by atoms with Crippen molar-refractivity contribution >= 4 is 23.5 Å². The van der Waals surface area contributed by atoms with Gasteiger partial charge in [-0.3, -0.25) is 9.59 Å². The zero-order valence-corrected chi connectivity index (χ0v) is 10.1. The van der Waals surface area contributed by atoms with Gasteiger partial charge in [0.05, 0.1) is 11.5 Å². The molecule has 2 atom stereocenters. The van der Waals surface area contributed by atoms with Crippen LogP contribution in [0.2, 0.25) is 5.15 Å². The SMILES string of the molecule is O=C(NC1C=CC(C(=O)O)C1)c1ccc(Cl)nc1. The molecule has 5 nitrogen and oxygen atoms in total. The fourth-order valence-corrected chi connectivity index (χ4v) is 1.86. The number of aliphatic carboxylic acids is 1. The summed E-state index contributed by atoms with van der Waals surface area (Å²) in [5, 5.41) is 11.9. The van der Waals surface area contributed by atoms with Gasteiger partial charge in [-0.1, -0.05) is 23.8 Å². The molecule has 0 saturated heterocycles. The first kappa shape index (κ1) is 12.6. The third kappa shape index (κ3) is 2.87.